The predicted octanol–water partition coefficient (Wildman–Crippen LogP) is 0.851. The van der Waals surface area contributed by atoms with Crippen LogP contribution in [-0.4, -0.2) is 31.6 Å². The lowest BCUT2D eigenvalue weighted by atomic mass is 10.0. The van der Waals surface area contributed by atoms with E-state index in [2.05, 4.69) is 10.1 Å². The monoisotopic (exact) mass is 266 g/mol. The first kappa shape index (κ1) is 18.6. The summed E-state index contributed by atoms with van der Waals surface area (Å²) in [5, 5.41) is 2.66. The Labute approximate surface area is 109 Å². The molecule has 3 N–H and O–H groups in total. The maximum absolute atomic E-state index is 11.4. The molecule has 0 saturated heterocycles. The molecule has 0 fully saturated rings. The van der Waals surface area contributed by atoms with Crippen LogP contribution in [0.3, 0.4) is 0 Å². The number of esters is 1. The number of rotatable bonds is 7. The maximum atomic E-state index is 11.4. The molecule has 0 aliphatic heterocycles. The largest absolute Gasteiger partial charge is 0.467 e. The highest BCUT2D eigenvalue weighted by molar-refractivity contribution is 5.85. The molecule has 0 bridgehead atoms. The molecule has 0 aliphatic carbocycles. The number of nitrogens with two attached hydrogens (primary N) is 1. The zero-order valence-corrected chi connectivity index (χ0v) is 11.5. The lowest BCUT2D eigenvalue weighted by Gasteiger charge is -2.18. The molecule has 102 valence electrons. The molecular weight excluding hydrogens is 244 g/mol. The number of amides is 1. The normalized spacial score (nSPS) is 11.6. The molecule has 1 amide bonds. The molecule has 6 heteroatoms. The van der Waals surface area contributed by atoms with Gasteiger partial charge in [-0.15, -0.1) is 12.4 Å². The Morgan fingerprint density at radius 3 is 2.35 bits per heavy atom. The summed E-state index contributed by atoms with van der Waals surface area (Å²) in [5.74, 6) is -0.227. The van der Waals surface area contributed by atoms with Crippen molar-refractivity contribution >= 4 is 24.3 Å². The van der Waals surface area contributed by atoms with Gasteiger partial charge in [-0.25, -0.2) is 4.79 Å². The van der Waals surface area contributed by atoms with Crippen LogP contribution in [0.15, 0.2) is 0 Å². The maximum Gasteiger partial charge on any atom is 0.328 e. The molecule has 0 aliphatic rings. The van der Waals surface area contributed by atoms with Gasteiger partial charge in [0.05, 0.1) is 7.11 Å². The third-order valence-corrected chi connectivity index (χ3v) is 2.14. The van der Waals surface area contributed by atoms with Gasteiger partial charge in [0.2, 0.25) is 5.91 Å². The van der Waals surface area contributed by atoms with E-state index in [1.54, 1.807) is 0 Å². The molecule has 0 aromatic rings. The van der Waals surface area contributed by atoms with Crippen molar-refractivity contribution in [3.05, 3.63) is 0 Å². The van der Waals surface area contributed by atoms with E-state index >= 15 is 0 Å². The topological polar surface area (TPSA) is 81.4 Å². The summed E-state index contributed by atoms with van der Waals surface area (Å²) in [6.07, 6.45) is 1.56. The Morgan fingerprint density at radius 2 is 1.94 bits per heavy atom. The Kier molecular flexibility index (Phi) is 11.3. The fourth-order valence-electron chi connectivity index (χ4n) is 1.36. The Morgan fingerprint density at radius 1 is 1.35 bits per heavy atom. The zero-order valence-electron chi connectivity index (χ0n) is 10.7. The van der Waals surface area contributed by atoms with E-state index in [1.807, 2.05) is 13.8 Å². The number of hydrogen-bond donors (Lipinski definition) is 2. The first-order valence-electron chi connectivity index (χ1n) is 5.58. The van der Waals surface area contributed by atoms with Gasteiger partial charge >= 0.3 is 5.97 Å². The summed E-state index contributed by atoms with van der Waals surface area (Å²) in [6, 6.07) is -0.546. The van der Waals surface area contributed by atoms with E-state index in [9.17, 15) is 9.59 Å². The van der Waals surface area contributed by atoms with Gasteiger partial charge < -0.3 is 15.8 Å². The average Bonchev–Trinajstić information content (AvgIpc) is 2.23. The summed E-state index contributed by atoms with van der Waals surface area (Å²) >= 11 is 0. The molecular formula is C11H23ClN2O3. The molecule has 17 heavy (non-hydrogen) atoms. The number of hydrogen-bond acceptors (Lipinski definition) is 4. The highest BCUT2D eigenvalue weighted by atomic mass is 35.5. The standard InChI is InChI=1S/C11H22N2O3.ClH/c1-8(2)7-9(11(15)16-3)13-10(14)5-4-6-12;/h8-9H,4-7,12H2,1-3H3,(H,13,14);1H. The van der Waals surface area contributed by atoms with E-state index in [-0.39, 0.29) is 18.3 Å². The van der Waals surface area contributed by atoms with Crippen molar-refractivity contribution in [3.63, 3.8) is 0 Å². The molecule has 0 aromatic carbocycles. The number of carbonyl (C=O) groups excluding carboxylic acids is 2. The lowest BCUT2D eigenvalue weighted by molar-refractivity contribution is -0.145. The molecule has 0 aromatic heterocycles. The molecule has 0 radical (unpaired) electrons. The number of ether oxygens (including phenoxy) is 1. The van der Waals surface area contributed by atoms with Crippen molar-refractivity contribution in [2.75, 3.05) is 13.7 Å². The van der Waals surface area contributed by atoms with E-state index in [0.717, 1.165) is 0 Å². The van der Waals surface area contributed by atoms with E-state index in [1.165, 1.54) is 7.11 Å². The van der Waals surface area contributed by atoms with E-state index in [0.29, 0.717) is 31.7 Å². The summed E-state index contributed by atoms with van der Waals surface area (Å²) in [4.78, 5) is 22.8. The van der Waals surface area contributed by atoms with Crippen LogP contribution in [0.5, 0.6) is 0 Å². The molecule has 0 saturated carbocycles. The van der Waals surface area contributed by atoms with Gasteiger partial charge in [0.1, 0.15) is 6.04 Å². The highest BCUT2D eigenvalue weighted by Gasteiger charge is 2.21. The van der Waals surface area contributed by atoms with Gasteiger partial charge in [0.25, 0.3) is 0 Å². The summed E-state index contributed by atoms with van der Waals surface area (Å²) in [6.45, 7) is 4.45. The van der Waals surface area contributed by atoms with Crippen molar-refractivity contribution in [2.45, 2.75) is 39.2 Å². The van der Waals surface area contributed by atoms with Gasteiger partial charge in [0, 0.05) is 6.42 Å². The lowest BCUT2D eigenvalue weighted by Crippen LogP contribution is -2.42. The van der Waals surface area contributed by atoms with E-state index in [4.69, 9.17) is 5.73 Å². The SMILES string of the molecule is COC(=O)C(CC(C)C)NC(=O)CCCN.Cl. The van der Waals surface area contributed by atoms with Crippen LogP contribution in [0.1, 0.15) is 33.1 Å². The third kappa shape index (κ3) is 8.94. The molecule has 0 spiro atoms. The van der Waals surface area contributed by atoms with Crippen LogP contribution < -0.4 is 11.1 Å². The van der Waals surface area contributed by atoms with Crippen molar-refractivity contribution < 1.29 is 14.3 Å². The molecule has 1 unspecified atom stereocenters. The van der Waals surface area contributed by atoms with Crippen LogP contribution in [-0.2, 0) is 14.3 Å². The van der Waals surface area contributed by atoms with Crippen LogP contribution >= 0.6 is 12.4 Å². The van der Waals surface area contributed by atoms with Crippen LogP contribution in [0, 0.1) is 5.92 Å². The number of carbonyl (C=O) groups is 2. The number of halogens is 1. The van der Waals surface area contributed by atoms with Crippen molar-refractivity contribution in [2.24, 2.45) is 11.7 Å². The van der Waals surface area contributed by atoms with Crippen molar-refractivity contribution in [1.82, 2.24) is 5.32 Å². The summed E-state index contributed by atoms with van der Waals surface area (Å²) in [7, 11) is 1.32. The smallest absolute Gasteiger partial charge is 0.328 e. The van der Waals surface area contributed by atoms with Crippen LogP contribution in [0.2, 0.25) is 0 Å². The van der Waals surface area contributed by atoms with Gasteiger partial charge in [-0.2, -0.15) is 0 Å². The van der Waals surface area contributed by atoms with Crippen molar-refractivity contribution in [1.29, 1.82) is 0 Å². The minimum Gasteiger partial charge on any atom is -0.467 e. The predicted molar refractivity (Wildman–Crippen MR) is 68.9 cm³/mol. The zero-order chi connectivity index (χ0) is 12.6. The van der Waals surface area contributed by atoms with Crippen molar-refractivity contribution in [3.8, 4) is 0 Å². The fraction of sp³-hybridized carbons (Fsp3) is 0.818. The van der Waals surface area contributed by atoms with Gasteiger partial charge in [-0.1, -0.05) is 13.8 Å². The molecule has 0 rings (SSSR count). The van der Waals surface area contributed by atoms with Crippen LogP contribution in [0.25, 0.3) is 0 Å². The van der Waals surface area contributed by atoms with Gasteiger partial charge in [0.15, 0.2) is 0 Å². The second kappa shape index (κ2) is 10.4. The minimum atomic E-state index is -0.546. The first-order chi connectivity index (χ1) is 7.51. The number of methoxy groups -OCH3 is 1. The second-order valence-electron chi connectivity index (χ2n) is 4.17. The highest BCUT2D eigenvalue weighted by Crippen LogP contribution is 2.06. The minimum absolute atomic E-state index is 0. The average molecular weight is 267 g/mol. The Bertz CT molecular complexity index is 235. The molecule has 1 atom stereocenters. The summed E-state index contributed by atoms with van der Waals surface area (Å²) < 4.78 is 4.64. The quantitative estimate of drug-likeness (QED) is 0.670. The Hall–Kier alpha value is -0.810. The first-order valence-corrected chi connectivity index (χ1v) is 5.58. The Balaban J connectivity index is 0. The van der Waals surface area contributed by atoms with Crippen LogP contribution in [0.4, 0.5) is 0 Å². The number of nitrogens with one attached hydrogen (secondary N) is 1. The molecule has 5 nitrogen and oxygen atoms in total. The van der Waals surface area contributed by atoms with Gasteiger partial charge in [-0.3, -0.25) is 4.79 Å². The fourth-order valence-corrected chi connectivity index (χ4v) is 1.36. The van der Waals surface area contributed by atoms with Gasteiger partial charge in [-0.05, 0) is 25.3 Å². The van der Waals surface area contributed by atoms with E-state index < -0.39 is 12.0 Å². The second-order valence-corrected chi connectivity index (χ2v) is 4.17. The summed E-state index contributed by atoms with van der Waals surface area (Å²) in [5.41, 5.74) is 5.30. The third-order valence-electron chi connectivity index (χ3n) is 2.14. The molecule has 0 heterocycles.